The van der Waals surface area contributed by atoms with E-state index in [2.05, 4.69) is 10.2 Å². The lowest BCUT2D eigenvalue weighted by Crippen LogP contribution is -2.14. The Hall–Kier alpha value is -3.55. The zero-order chi connectivity index (χ0) is 22.6. The number of phenolic OH excluding ortho intramolecular Hbond substituents is 1. The van der Waals surface area contributed by atoms with E-state index in [-0.39, 0.29) is 24.4 Å². The Kier molecular flexibility index (Phi) is 6.48. The van der Waals surface area contributed by atoms with Crippen LogP contribution in [0.2, 0.25) is 0 Å². The fourth-order valence-electron chi connectivity index (χ4n) is 2.97. The Bertz CT molecular complexity index is 1080. The molecular formula is C23H27N3O5. The number of ether oxygens (including phenoxy) is 2. The number of phenols is 1. The number of aliphatic hydroxyl groups excluding tert-OH is 1. The van der Waals surface area contributed by atoms with E-state index in [0.717, 1.165) is 11.0 Å². The summed E-state index contributed by atoms with van der Waals surface area (Å²) in [6, 6.07) is 10.9. The van der Waals surface area contributed by atoms with Crippen molar-refractivity contribution in [2.45, 2.75) is 39.5 Å². The molecule has 1 heterocycles. The van der Waals surface area contributed by atoms with Gasteiger partial charge in [0.05, 0.1) is 13.2 Å². The van der Waals surface area contributed by atoms with Crippen LogP contribution in [0.15, 0.2) is 48.2 Å². The van der Waals surface area contributed by atoms with Gasteiger partial charge in [0, 0.05) is 18.1 Å². The lowest BCUT2D eigenvalue weighted by Gasteiger charge is -2.23. The molecule has 0 aliphatic carbocycles. The number of hydrogen-bond donors (Lipinski definition) is 2. The largest absolute Gasteiger partial charge is 0.505 e. The van der Waals surface area contributed by atoms with Gasteiger partial charge in [0.2, 0.25) is 0 Å². The standard InChI is InChI=1S/C23H27N3O5/c1-5-20(27)22(29)31-12-8-11-30-15-13-16(23(2,3)4)21(28)19(14-15)26-24-17-9-6-7-10-18(17)25-26/h5-7,9-10,13-14,27-28H,8,11-12H2,1-4H3. The Morgan fingerprint density at radius 1 is 1.13 bits per heavy atom. The molecule has 0 radical (unpaired) electrons. The van der Waals surface area contributed by atoms with Crippen LogP contribution in [-0.2, 0) is 14.9 Å². The number of aromatic hydroxyl groups is 1. The summed E-state index contributed by atoms with van der Waals surface area (Å²) in [6.07, 6.45) is 1.71. The monoisotopic (exact) mass is 425 g/mol. The van der Waals surface area contributed by atoms with E-state index in [9.17, 15) is 15.0 Å². The Balaban J connectivity index is 1.81. The summed E-state index contributed by atoms with van der Waals surface area (Å²) in [5, 5.41) is 29.2. The smallest absolute Gasteiger partial charge is 0.373 e. The first kappa shape index (κ1) is 22.1. The van der Waals surface area contributed by atoms with Gasteiger partial charge in [-0.25, -0.2) is 4.79 Å². The molecule has 0 fully saturated rings. The maximum atomic E-state index is 11.4. The van der Waals surface area contributed by atoms with E-state index in [1.807, 2.05) is 45.0 Å². The minimum atomic E-state index is -0.763. The van der Waals surface area contributed by atoms with Crippen LogP contribution in [0, 0.1) is 0 Å². The molecular weight excluding hydrogens is 398 g/mol. The first-order chi connectivity index (χ1) is 14.7. The van der Waals surface area contributed by atoms with Crippen molar-refractivity contribution in [3.8, 4) is 17.2 Å². The molecule has 0 bridgehead atoms. The molecule has 164 valence electrons. The molecule has 3 rings (SSSR count). The quantitative estimate of drug-likeness (QED) is 0.253. The number of carbonyl (C=O) groups is 1. The van der Waals surface area contributed by atoms with Crippen molar-refractivity contribution in [3.63, 3.8) is 0 Å². The summed E-state index contributed by atoms with van der Waals surface area (Å²) in [5.74, 6) is -0.545. The minimum absolute atomic E-state index is 0.0934. The average Bonchev–Trinajstić information content (AvgIpc) is 3.16. The van der Waals surface area contributed by atoms with Crippen molar-refractivity contribution in [2.24, 2.45) is 0 Å². The van der Waals surface area contributed by atoms with Crippen LogP contribution in [0.3, 0.4) is 0 Å². The summed E-state index contributed by atoms with van der Waals surface area (Å²) in [4.78, 5) is 12.9. The second kappa shape index (κ2) is 9.07. The number of rotatable bonds is 7. The molecule has 0 atom stereocenters. The molecule has 0 aliphatic rings. The zero-order valence-electron chi connectivity index (χ0n) is 18.1. The number of benzene rings is 2. The molecule has 2 N–H and O–H groups in total. The Morgan fingerprint density at radius 2 is 1.77 bits per heavy atom. The predicted molar refractivity (Wildman–Crippen MR) is 117 cm³/mol. The maximum absolute atomic E-state index is 11.4. The van der Waals surface area contributed by atoms with Crippen molar-refractivity contribution in [2.75, 3.05) is 13.2 Å². The molecule has 0 saturated heterocycles. The van der Waals surface area contributed by atoms with E-state index in [4.69, 9.17) is 9.47 Å². The van der Waals surface area contributed by atoms with Gasteiger partial charge in [0.15, 0.2) is 5.76 Å². The average molecular weight is 425 g/mol. The highest BCUT2D eigenvalue weighted by Gasteiger charge is 2.23. The van der Waals surface area contributed by atoms with Gasteiger partial charge in [-0.15, -0.1) is 15.0 Å². The SMILES string of the molecule is CC=C(O)C(=O)OCCCOc1cc(-n2nc3ccccc3n2)c(O)c(C(C)(C)C)c1. The first-order valence-corrected chi connectivity index (χ1v) is 10.1. The van der Waals surface area contributed by atoms with Gasteiger partial charge in [-0.1, -0.05) is 32.9 Å². The summed E-state index contributed by atoms with van der Waals surface area (Å²) in [6.45, 7) is 7.93. The van der Waals surface area contributed by atoms with Crippen LogP contribution in [0.25, 0.3) is 16.7 Å². The van der Waals surface area contributed by atoms with Crippen LogP contribution in [0.4, 0.5) is 0 Å². The van der Waals surface area contributed by atoms with Gasteiger partial charge >= 0.3 is 5.97 Å². The van der Waals surface area contributed by atoms with Crippen LogP contribution in [0.1, 0.15) is 39.7 Å². The van der Waals surface area contributed by atoms with Crippen molar-refractivity contribution in [1.29, 1.82) is 0 Å². The molecule has 0 amide bonds. The van der Waals surface area contributed by atoms with E-state index in [0.29, 0.717) is 23.4 Å². The second-order valence-electron chi connectivity index (χ2n) is 8.08. The third kappa shape index (κ3) is 5.14. The van der Waals surface area contributed by atoms with E-state index in [1.165, 1.54) is 10.9 Å². The van der Waals surface area contributed by atoms with Gasteiger partial charge in [0.1, 0.15) is 28.2 Å². The fraction of sp³-hybridized carbons (Fsp3) is 0.348. The van der Waals surface area contributed by atoms with E-state index in [1.54, 1.807) is 19.1 Å². The van der Waals surface area contributed by atoms with Gasteiger partial charge < -0.3 is 19.7 Å². The predicted octanol–water partition coefficient (Wildman–Crippen LogP) is 4.20. The number of nitrogens with zero attached hydrogens (tertiary/aromatic N) is 3. The molecule has 2 aromatic carbocycles. The molecule has 0 spiro atoms. The number of carbonyl (C=O) groups excluding carboxylic acids is 1. The van der Waals surface area contributed by atoms with Crippen LogP contribution >= 0.6 is 0 Å². The molecule has 0 saturated carbocycles. The first-order valence-electron chi connectivity index (χ1n) is 10.1. The third-order valence-electron chi connectivity index (χ3n) is 4.65. The van der Waals surface area contributed by atoms with Crippen LogP contribution in [0.5, 0.6) is 11.5 Å². The summed E-state index contributed by atoms with van der Waals surface area (Å²) >= 11 is 0. The van der Waals surface area contributed by atoms with Gasteiger partial charge in [-0.2, -0.15) is 0 Å². The lowest BCUT2D eigenvalue weighted by molar-refractivity contribution is -0.142. The highest BCUT2D eigenvalue weighted by atomic mass is 16.5. The molecule has 0 unspecified atom stereocenters. The number of esters is 1. The highest BCUT2D eigenvalue weighted by Crippen LogP contribution is 2.38. The summed E-state index contributed by atoms with van der Waals surface area (Å²) < 4.78 is 10.8. The Labute approximate surface area is 180 Å². The summed E-state index contributed by atoms with van der Waals surface area (Å²) in [7, 11) is 0. The number of hydrogen-bond acceptors (Lipinski definition) is 7. The van der Waals surface area contributed by atoms with Crippen molar-refractivity contribution >= 4 is 17.0 Å². The lowest BCUT2D eigenvalue weighted by atomic mass is 9.86. The molecule has 0 aliphatic heterocycles. The normalized spacial score (nSPS) is 12.2. The summed E-state index contributed by atoms with van der Waals surface area (Å²) in [5.41, 5.74) is 2.21. The van der Waals surface area contributed by atoms with Crippen LogP contribution in [-0.4, -0.2) is 44.4 Å². The number of aliphatic hydroxyl groups is 1. The van der Waals surface area contributed by atoms with Gasteiger partial charge in [-0.05, 0) is 36.6 Å². The number of fused-ring (bicyclic) bond motifs is 1. The van der Waals surface area contributed by atoms with Crippen molar-refractivity contribution < 1.29 is 24.5 Å². The van der Waals surface area contributed by atoms with Crippen LogP contribution < -0.4 is 4.74 Å². The van der Waals surface area contributed by atoms with Crippen molar-refractivity contribution in [1.82, 2.24) is 15.0 Å². The second-order valence-corrected chi connectivity index (χ2v) is 8.08. The topological polar surface area (TPSA) is 107 Å². The van der Waals surface area contributed by atoms with Crippen molar-refractivity contribution in [3.05, 3.63) is 53.8 Å². The molecule has 8 heteroatoms. The fourth-order valence-corrected chi connectivity index (χ4v) is 2.97. The zero-order valence-corrected chi connectivity index (χ0v) is 18.1. The number of allylic oxidation sites excluding steroid dienone is 1. The maximum Gasteiger partial charge on any atom is 0.373 e. The molecule has 31 heavy (non-hydrogen) atoms. The third-order valence-corrected chi connectivity index (χ3v) is 4.65. The van der Waals surface area contributed by atoms with E-state index >= 15 is 0 Å². The molecule has 8 nitrogen and oxygen atoms in total. The number of aromatic nitrogens is 3. The van der Waals surface area contributed by atoms with E-state index < -0.39 is 11.7 Å². The molecule has 1 aromatic heterocycles. The highest BCUT2D eigenvalue weighted by molar-refractivity contribution is 5.85. The van der Waals surface area contributed by atoms with Gasteiger partial charge in [0.25, 0.3) is 0 Å². The Morgan fingerprint density at radius 3 is 2.35 bits per heavy atom. The minimum Gasteiger partial charge on any atom is -0.505 e. The molecule has 3 aromatic rings. The van der Waals surface area contributed by atoms with Gasteiger partial charge in [-0.3, -0.25) is 0 Å².